The van der Waals surface area contributed by atoms with Crippen LogP contribution >= 0.6 is 0 Å². The number of hydrogen-bond acceptors (Lipinski definition) is 3. The Morgan fingerprint density at radius 2 is 2.24 bits per heavy atom. The summed E-state index contributed by atoms with van der Waals surface area (Å²) < 4.78 is 2.15. The van der Waals surface area contributed by atoms with Crippen LogP contribution in [0.5, 0.6) is 0 Å². The zero-order valence-corrected chi connectivity index (χ0v) is 12.9. The van der Waals surface area contributed by atoms with Crippen LogP contribution in [-0.4, -0.2) is 39.0 Å². The lowest BCUT2D eigenvalue weighted by Gasteiger charge is -2.27. The molecule has 1 aliphatic carbocycles. The molecule has 0 radical (unpaired) electrons. The zero-order valence-electron chi connectivity index (χ0n) is 12.9. The van der Waals surface area contributed by atoms with Crippen molar-refractivity contribution < 1.29 is 4.79 Å². The number of aryl methyl sites for hydroxylation is 1. The van der Waals surface area contributed by atoms with Crippen molar-refractivity contribution in [1.29, 1.82) is 0 Å². The van der Waals surface area contributed by atoms with E-state index in [1.165, 1.54) is 6.42 Å². The van der Waals surface area contributed by atoms with E-state index in [-0.39, 0.29) is 6.04 Å². The Hall–Kier alpha value is -1.36. The molecule has 0 bridgehead atoms. The SMILES string of the molecule is Cc1nccn1CC1CCCN1C(=O)C[C@@H]1CCC[C@H]1N. The molecule has 2 aliphatic rings. The molecule has 5 heteroatoms. The number of hydrogen-bond donors (Lipinski definition) is 1. The third-order valence-electron chi connectivity index (χ3n) is 5.18. The first-order valence-electron chi connectivity index (χ1n) is 8.18. The molecule has 2 heterocycles. The van der Waals surface area contributed by atoms with E-state index < -0.39 is 0 Å². The first kappa shape index (κ1) is 14.6. The molecule has 1 amide bonds. The van der Waals surface area contributed by atoms with E-state index in [4.69, 9.17) is 5.73 Å². The quantitative estimate of drug-likeness (QED) is 0.918. The average Bonchev–Trinajstić information content (AvgIpc) is 3.15. The third-order valence-corrected chi connectivity index (χ3v) is 5.18. The maximum Gasteiger partial charge on any atom is 0.223 e. The standard InChI is InChI=1S/C16H26N4O/c1-12-18-7-9-19(12)11-14-5-3-8-20(14)16(21)10-13-4-2-6-15(13)17/h7,9,13-15H,2-6,8,10-11,17H2,1H3/t13-,14?,15+/m0/s1. The Bertz CT molecular complexity index is 498. The normalized spacial score (nSPS) is 29.2. The van der Waals surface area contributed by atoms with Crippen molar-refractivity contribution in [3.05, 3.63) is 18.2 Å². The lowest BCUT2D eigenvalue weighted by atomic mass is 9.99. The number of aromatic nitrogens is 2. The number of carbonyl (C=O) groups is 1. The van der Waals surface area contributed by atoms with Crippen molar-refractivity contribution in [2.45, 2.75) is 64.1 Å². The lowest BCUT2D eigenvalue weighted by Crippen LogP contribution is -2.40. The van der Waals surface area contributed by atoms with Crippen molar-refractivity contribution >= 4 is 5.91 Å². The van der Waals surface area contributed by atoms with E-state index in [0.717, 1.165) is 44.6 Å². The summed E-state index contributed by atoms with van der Waals surface area (Å²) in [6.45, 7) is 3.78. The summed E-state index contributed by atoms with van der Waals surface area (Å²) in [5, 5.41) is 0. The van der Waals surface area contributed by atoms with Crippen LogP contribution in [0.3, 0.4) is 0 Å². The van der Waals surface area contributed by atoms with E-state index in [2.05, 4.69) is 14.5 Å². The Labute approximate surface area is 126 Å². The largest absolute Gasteiger partial charge is 0.338 e. The number of likely N-dealkylation sites (tertiary alicyclic amines) is 1. The van der Waals surface area contributed by atoms with Gasteiger partial charge in [-0.15, -0.1) is 0 Å². The minimum absolute atomic E-state index is 0.228. The predicted octanol–water partition coefficient (Wildman–Crippen LogP) is 1.70. The summed E-state index contributed by atoms with van der Waals surface area (Å²) in [5.74, 6) is 1.72. The Morgan fingerprint density at radius 1 is 1.38 bits per heavy atom. The highest BCUT2D eigenvalue weighted by Gasteiger charge is 2.33. The lowest BCUT2D eigenvalue weighted by molar-refractivity contribution is -0.133. The van der Waals surface area contributed by atoms with E-state index in [1.54, 1.807) is 0 Å². The van der Waals surface area contributed by atoms with Crippen molar-refractivity contribution in [3.63, 3.8) is 0 Å². The van der Waals surface area contributed by atoms with E-state index in [0.29, 0.717) is 24.3 Å². The van der Waals surface area contributed by atoms with Crippen LogP contribution in [0.25, 0.3) is 0 Å². The van der Waals surface area contributed by atoms with Gasteiger partial charge in [0, 0.05) is 44.0 Å². The second-order valence-electron chi connectivity index (χ2n) is 6.57. The molecule has 1 saturated heterocycles. The molecule has 3 rings (SSSR count). The predicted molar refractivity (Wildman–Crippen MR) is 81.6 cm³/mol. The number of imidazole rings is 1. The second kappa shape index (κ2) is 6.18. The fourth-order valence-electron chi connectivity index (χ4n) is 3.84. The summed E-state index contributed by atoms with van der Waals surface area (Å²) in [5.41, 5.74) is 6.11. The molecule has 0 spiro atoms. The fraction of sp³-hybridized carbons (Fsp3) is 0.750. The first-order chi connectivity index (χ1) is 10.1. The molecule has 5 nitrogen and oxygen atoms in total. The number of rotatable bonds is 4. The van der Waals surface area contributed by atoms with Gasteiger partial charge < -0.3 is 15.2 Å². The molecule has 1 aromatic rings. The smallest absolute Gasteiger partial charge is 0.223 e. The Kier molecular flexibility index (Phi) is 4.29. The van der Waals surface area contributed by atoms with Crippen LogP contribution in [-0.2, 0) is 11.3 Å². The minimum atomic E-state index is 0.228. The molecule has 1 aromatic heterocycles. The van der Waals surface area contributed by atoms with Gasteiger partial charge in [-0.2, -0.15) is 0 Å². The maximum absolute atomic E-state index is 12.6. The van der Waals surface area contributed by atoms with Gasteiger partial charge in [0.1, 0.15) is 5.82 Å². The number of carbonyl (C=O) groups excluding carboxylic acids is 1. The molecular weight excluding hydrogens is 264 g/mol. The molecule has 116 valence electrons. The summed E-state index contributed by atoms with van der Waals surface area (Å²) in [6.07, 6.45) is 10.1. The zero-order chi connectivity index (χ0) is 14.8. The molecule has 1 saturated carbocycles. The number of amides is 1. The van der Waals surface area contributed by atoms with Crippen LogP contribution in [0, 0.1) is 12.8 Å². The highest BCUT2D eigenvalue weighted by atomic mass is 16.2. The number of nitrogens with zero attached hydrogens (tertiary/aromatic N) is 3. The van der Waals surface area contributed by atoms with Crippen molar-refractivity contribution in [2.75, 3.05) is 6.54 Å². The van der Waals surface area contributed by atoms with Gasteiger partial charge in [-0.05, 0) is 38.5 Å². The topological polar surface area (TPSA) is 64.2 Å². The van der Waals surface area contributed by atoms with Gasteiger partial charge in [-0.3, -0.25) is 4.79 Å². The van der Waals surface area contributed by atoms with Crippen molar-refractivity contribution in [1.82, 2.24) is 14.5 Å². The van der Waals surface area contributed by atoms with E-state index in [9.17, 15) is 4.79 Å². The van der Waals surface area contributed by atoms with Crippen LogP contribution < -0.4 is 5.73 Å². The molecule has 3 atom stereocenters. The fourth-order valence-corrected chi connectivity index (χ4v) is 3.84. The molecule has 1 aliphatic heterocycles. The van der Waals surface area contributed by atoms with Gasteiger partial charge in [-0.1, -0.05) is 6.42 Å². The van der Waals surface area contributed by atoms with Gasteiger partial charge in [0.15, 0.2) is 0 Å². The Morgan fingerprint density at radius 3 is 2.90 bits per heavy atom. The monoisotopic (exact) mass is 290 g/mol. The third kappa shape index (κ3) is 3.12. The van der Waals surface area contributed by atoms with Gasteiger partial charge in [-0.25, -0.2) is 4.98 Å². The van der Waals surface area contributed by atoms with E-state index >= 15 is 0 Å². The first-order valence-corrected chi connectivity index (χ1v) is 8.18. The van der Waals surface area contributed by atoms with Crippen LogP contribution in [0.1, 0.15) is 44.3 Å². The summed E-state index contributed by atoms with van der Waals surface area (Å²) in [6, 6.07) is 0.550. The molecule has 1 unspecified atom stereocenters. The van der Waals surface area contributed by atoms with Gasteiger partial charge in [0.05, 0.1) is 0 Å². The van der Waals surface area contributed by atoms with Crippen LogP contribution in [0.15, 0.2) is 12.4 Å². The van der Waals surface area contributed by atoms with Gasteiger partial charge >= 0.3 is 0 Å². The summed E-state index contributed by atoms with van der Waals surface area (Å²) in [4.78, 5) is 19.0. The van der Waals surface area contributed by atoms with Crippen LogP contribution in [0.2, 0.25) is 0 Å². The maximum atomic E-state index is 12.6. The van der Waals surface area contributed by atoms with Crippen molar-refractivity contribution in [2.24, 2.45) is 11.7 Å². The van der Waals surface area contributed by atoms with Gasteiger partial charge in [0.25, 0.3) is 0 Å². The highest BCUT2D eigenvalue weighted by molar-refractivity contribution is 5.77. The summed E-state index contributed by atoms with van der Waals surface area (Å²) in [7, 11) is 0. The highest BCUT2D eigenvalue weighted by Crippen LogP contribution is 2.29. The van der Waals surface area contributed by atoms with Crippen LogP contribution in [0.4, 0.5) is 0 Å². The molecule has 2 fully saturated rings. The molecular formula is C16H26N4O. The summed E-state index contributed by atoms with van der Waals surface area (Å²) >= 11 is 0. The van der Waals surface area contributed by atoms with Crippen molar-refractivity contribution in [3.8, 4) is 0 Å². The number of nitrogens with two attached hydrogens (primary N) is 1. The second-order valence-corrected chi connectivity index (χ2v) is 6.57. The Balaban J connectivity index is 1.60. The molecule has 21 heavy (non-hydrogen) atoms. The van der Waals surface area contributed by atoms with Gasteiger partial charge in [0.2, 0.25) is 5.91 Å². The molecule has 0 aromatic carbocycles. The molecule has 2 N–H and O–H groups in total. The minimum Gasteiger partial charge on any atom is -0.338 e. The van der Waals surface area contributed by atoms with E-state index in [1.807, 2.05) is 19.3 Å². The average molecular weight is 290 g/mol.